The Morgan fingerprint density at radius 3 is 2.54 bits per heavy atom. The smallest absolute Gasteiger partial charge is 0.222 e. The van der Waals surface area contributed by atoms with Crippen molar-refractivity contribution in [2.24, 2.45) is 0 Å². The minimum absolute atomic E-state index is 0.0838. The van der Waals surface area contributed by atoms with Crippen molar-refractivity contribution in [2.45, 2.75) is 0 Å². The Balaban J connectivity index is 1.82. The molecule has 1 aromatic carbocycles. The molecule has 3 aromatic heterocycles. The predicted octanol–water partition coefficient (Wildman–Crippen LogP) is 3.15. The summed E-state index contributed by atoms with van der Waals surface area (Å²) in [5.41, 5.74) is 6.30. The van der Waals surface area contributed by atoms with Crippen LogP contribution in [0.15, 0.2) is 43.0 Å². The molecule has 0 aliphatic heterocycles. The van der Waals surface area contributed by atoms with E-state index in [0.717, 1.165) is 12.1 Å². The zero-order valence-electron chi connectivity index (χ0n) is 14.6. The molecule has 4 aromatic rings. The average molecular weight is 380 g/mol. The zero-order valence-corrected chi connectivity index (χ0v) is 14.6. The van der Waals surface area contributed by atoms with Gasteiger partial charge in [0.05, 0.1) is 11.3 Å². The molecule has 3 heterocycles. The lowest BCUT2D eigenvalue weighted by Crippen LogP contribution is -2.09. The number of H-pyrrole nitrogens is 1. The molecule has 9 heteroatoms. The largest absolute Gasteiger partial charge is 0.396 e. The number of aromatic nitrogens is 4. The Labute approximate surface area is 157 Å². The number of nitrogen functional groups attached to an aromatic ring is 1. The summed E-state index contributed by atoms with van der Waals surface area (Å²) >= 11 is 0. The van der Waals surface area contributed by atoms with Gasteiger partial charge in [-0.05, 0) is 18.2 Å². The number of fused-ring (bicyclic) bond motifs is 1. The SMILES string of the molecule is CNc1ncc(-c2cnc3[nH]cc(C(=O)c4c(F)ccc(N)c4F)c3c2)cn1. The summed E-state index contributed by atoms with van der Waals surface area (Å²) in [5, 5.41) is 3.24. The molecule has 0 aliphatic carbocycles. The van der Waals surface area contributed by atoms with Crippen molar-refractivity contribution in [1.29, 1.82) is 0 Å². The molecule has 4 rings (SSSR count). The average Bonchev–Trinajstić information content (AvgIpc) is 3.14. The van der Waals surface area contributed by atoms with Gasteiger partial charge in [0.15, 0.2) is 5.82 Å². The maximum atomic E-state index is 14.3. The molecule has 0 radical (unpaired) electrons. The Morgan fingerprint density at radius 2 is 1.82 bits per heavy atom. The first kappa shape index (κ1) is 17.5. The minimum Gasteiger partial charge on any atom is -0.396 e. The summed E-state index contributed by atoms with van der Waals surface area (Å²) in [5.74, 6) is -2.43. The van der Waals surface area contributed by atoms with Gasteiger partial charge in [-0.3, -0.25) is 4.79 Å². The number of benzene rings is 1. The Kier molecular flexibility index (Phi) is 4.19. The van der Waals surface area contributed by atoms with Crippen LogP contribution in [0.25, 0.3) is 22.2 Å². The molecule has 0 fully saturated rings. The van der Waals surface area contributed by atoms with E-state index in [0.29, 0.717) is 28.1 Å². The molecule has 28 heavy (non-hydrogen) atoms. The third-order valence-corrected chi connectivity index (χ3v) is 4.33. The Hall–Kier alpha value is -3.88. The number of hydrogen-bond acceptors (Lipinski definition) is 6. The lowest BCUT2D eigenvalue weighted by atomic mass is 10.0. The van der Waals surface area contributed by atoms with Crippen molar-refractivity contribution in [3.05, 3.63) is 65.7 Å². The molecule has 140 valence electrons. The Bertz CT molecular complexity index is 1200. The third-order valence-electron chi connectivity index (χ3n) is 4.33. The van der Waals surface area contributed by atoms with Crippen LogP contribution in [0.5, 0.6) is 0 Å². The molecule has 7 nitrogen and oxygen atoms in total. The highest BCUT2D eigenvalue weighted by atomic mass is 19.1. The van der Waals surface area contributed by atoms with Gasteiger partial charge in [-0.25, -0.2) is 23.7 Å². The number of carbonyl (C=O) groups is 1. The van der Waals surface area contributed by atoms with Crippen LogP contribution in [-0.2, 0) is 0 Å². The molecule has 0 amide bonds. The molecule has 0 saturated heterocycles. The summed E-state index contributed by atoms with van der Waals surface area (Å²) in [6.45, 7) is 0. The van der Waals surface area contributed by atoms with E-state index in [1.54, 1.807) is 31.7 Å². The van der Waals surface area contributed by atoms with Crippen molar-refractivity contribution in [3.8, 4) is 11.1 Å². The number of nitrogens with zero attached hydrogens (tertiary/aromatic N) is 3. The molecule has 0 unspecified atom stereocenters. The first-order valence-corrected chi connectivity index (χ1v) is 8.25. The normalized spacial score (nSPS) is 11.0. The summed E-state index contributed by atoms with van der Waals surface area (Å²) in [4.78, 5) is 28.2. The highest BCUT2D eigenvalue weighted by Crippen LogP contribution is 2.28. The van der Waals surface area contributed by atoms with Gasteiger partial charge in [0.25, 0.3) is 0 Å². The number of hydrogen-bond donors (Lipinski definition) is 3. The van der Waals surface area contributed by atoms with Crippen molar-refractivity contribution >= 4 is 28.5 Å². The minimum atomic E-state index is -1.08. The van der Waals surface area contributed by atoms with Crippen molar-refractivity contribution < 1.29 is 13.6 Å². The summed E-state index contributed by atoms with van der Waals surface area (Å²) < 4.78 is 28.4. The molecule has 0 aliphatic rings. The summed E-state index contributed by atoms with van der Waals surface area (Å²) in [6.07, 6.45) is 6.17. The topological polar surface area (TPSA) is 110 Å². The number of carbonyl (C=O) groups excluding carboxylic acids is 1. The second kappa shape index (κ2) is 6.69. The van der Waals surface area contributed by atoms with Crippen LogP contribution in [0, 0.1) is 11.6 Å². The maximum absolute atomic E-state index is 14.3. The number of pyridine rings is 1. The van der Waals surface area contributed by atoms with E-state index < -0.39 is 23.0 Å². The highest BCUT2D eigenvalue weighted by molar-refractivity contribution is 6.16. The predicted molar refractivity (Wildman–Crippen MR) is 101 cm³/mol. The number of aromatic amines is 1. The van der Waals surface area contributed by atoms with E-state index in [2.05, 4.69) is 25.3 Å². The van der Waals surface area contributed by atoms with Crippen LogP contribution < -0.4 is 11.1 Å². The summed E-state index contributed by atoms with van der Waals surface area (Å²) in [6, 6.07) is 3.72. The van der Waals surface area contributed by atoms with Crippen LogP contribution in [0.3, 0.4) is 0 Å². The molecule has 0 saturated carbocycles. The number of rotatable bonds is 4. The van der Waals surface area contributed by atoms with Crippen molar-refractivity contribution in [3.63, 3.8) is 0 Å². The monoisotopic (exact) mass is 380 g/mol. The van der Waals surface area contributed by atoms with Crippen molar-refractivity contribution in [2.75, 3.05) is 18.1 Å². The van der Waals surface area contributed by atoms with Gasteiger partial charge >= 0.3 is 0 Å². The van der Waals surface area contributed by atoms with Crippen LogP contribution in [-0.4, -0.2) is 32.8 Å². The first-order valence-electron chi connectivity index (χ1n) is 8.25. The molecule has 0 bridgehead atoms. The van der Waals surface area contributed by atoms with Gasteiger partial charge in [0.1, 0.15) is 11.5 Å². The second-order valence-electron chi connectivity index (χ2n) is 6.02. The first-order chi connectivity index (χ1) is 13.5. The van der Waals surface area contributed by atoms with E-state index in [4.69, 9.17) is 5.73 Å². The van der Waals surface area contributed by atoms with Gasteiger partial charge in [-0.15, -0.1) is 0 Å². The van der Waals surface area contributed by atoms with Gasteiger partial charge in [-0.1, -0.05) is 0 Å². The molecule has 0 atom stereocenters. The van der Waals surface area contributed by atoms with E-state index in [1.165, 1.54) is 6.20 Å². The zero-order chi connectivity index (χ0) is 19.8. The molecule has 0 spiro atoms. The van der Waals surface area contributed by atoms with Crippen LogP contribution in [0.2, 0.25) is 0 Å². The van der Waals surface area contributed by atoms with E-state index in [9.17, 15) is 13.6 Å². The molecular formula is C19H14F2N6O. The molecular weight excluding hydrogens is 366 g/mol. The van der Waals surface area contributed by atoms with Crippen LogP contribution in [0.4, 0.5) is 20.4 Å². The number of halogens is 2. The van der Waals surface area contributed by atoms with Crippen LogP contribution >= 0.6 is 0 Å². The van der Waals surface area contributed by atoms with Gasteiger partial charge in [0.2, 0.25) is 11.7 Å². The number of anilines is 2. The molecule has 4 N–H and O–H groups in total. The highest BCUT2D eigenvalue weighted by Gasteiger charge is 2.24. The maximum Gasteiger partial charge on any atom is 0.222 e. The fourth-order valence-corrected chi connectivity index (χ4v) is 2.87. The Morgan fingerprint density at radius 1 is 1.11 bits per heavy atom. The quantitative estimate of drug-likeness (QED) is 0.371. The standard InChI is InChI=1S/C19H14F2N6O/c1-23-19-26-6-10(7-27-19)9-4-11-12(8-25-18(11)24-5-9)17(28)15-13(20)2-3-14(22)16(15)21/h2-8H,22H2,1H3,(H,24,25)(H,23,26,27). The van der Waals surface area contributed by atoms with Gasteiger partial charge in [0, 0.05) is 53.9 Å². The van der Waals surface area contributed by atoms with E-state index in [-0.39, 0.29) is 11.3 Å². The lowest BCUT2D eigenvalue weighted by molar-refractivity contribution is 0.103. The third kappa shape index (κ3) is 2.82. The number of nitrogens with two attached hydrogens (primary N) is 1. The number of nitrogens with one attached hydrogen (secondary N) is 2. The van der Waals surface area contributed by atoms with E-state index >= 15 is 0 Å². The summed E-state index contributed by atoms with van der Waals surface area (Å²) in [7, 11) is 1.70. The van der Waals surface area contributed by atoms with E-state index in [1.807, 2.05) is 0 Å². The van der Waals surface area contributed by atoms with Crippen molar-refractivity contribution in [1.82, 2.24) is 19.9 Å². The lowest BCUT2D eigenvalue weighted by Gasteiger charge is -2.06. The second-order valence-corrected chi connectivity index (χ2v) is 6.02. The number of ketones is 1. The van der Waals surface area contributed by atoms with Gasteiger partial charge in [-0.2, -0.15) is 0 Å². The van der Waals surface area contributed by atoms with Gasteiger partial charge < -0.3 is 16.0 Å². The van der Waals surface area contributed by atoms with Crippen LogP contribution in [0.1, 0.15) is 15.9 Å². The fraction of sp³-hybridized carbons (Fsp3) is 0.0526. The fourth-order valence-electron chi connectivity index (χ4n) is 2.87.